The summed E-state index contributed by atoms with van der Waals surface area (Å²) >= 11 is 0. The van der Waals surface area contributed by atoms with Crippen LogP contribution >= 0.6 is 0 Å². The largest absolute Gasteiger partial charge is 0.389 e. The van der Waals surface area contributed by atoms with Gasteiger partial charge in [-0.05, 0) is 12.8 Å². The van der Waals surface area contributed by atoms with Gasteiger partial charge < -0.3 is 9.94 Å². The highest BCUT2D eigenvalue weighted by atomic mass is 16.7. The zero-order valence-corrected chi connectivity index (χ0v) is 9.47. The van der Waals surface area contributed by atoms with Crippen molar-refractivity contribution in [3.63, 3.8) is 0 Å². The highest BCUT2D eigenvalue weighted by Crippen LogP contribution is 2.21. The number of oxime groups is 1. The molecular formula is C13H17NO2. The number of aliphatic hydroxyl groups excluding tert-OH is 1. The van der Waals surface area contributed by atoms with Crippen LogP contribution in [0.2, 0.25) is 0 Å². The molecular weight excluding hydrogens is 202 g/mol. The number of unbranched alkanes of at least 4 members (excludes halogenated alkanes) is 1. The van der Waals surface area contributed by atoms with E-state index in [9.17, 15) is 5.11 Å². The van der Waals surface area contributed by atoms with E-state index in [-0.39, 0.29) is 6.10 Å². The molecule has 1 aromatic rings. The SMILES string of the molecule is CCCC[C@@H]1ON=C(c2ccccc2)[C@@H]1O. The van der Waals surface area contributed by atoms with Crippen molar-refractivity contribution in [2.45, 2.75) is 38.4 Å². The Hall–Kier alpha value is -1.35. The number of aliphatic hydroxyl groups is 1. The summed E-state index contributed by atoms with van der Waals surface area (Å²) in [5.74, 6) is 0. The van der Waals surface area contributed by atoms with E-state index in [1.54, 1.807) is 0 Å². The average molecular weight is 219 g/mol. The van der Waals surface area contributed by atoms with Gasteiger partial charge in [-0.15, -0.1) is 0 Å². The minimum absolute atomic E-state index is 0.171. The first-order chi connectivity index (χ1) is 7.83. The van der Waals surface area contributed by atoms with E-state index in [2.05, 4.69) is 12.1 Å². The predicted molar refractivity (Wildman–Crippen MR) is 63.4 cm³/mol. The van der Waals surface area contributed by atoms with Gasteiger partial charge in [0.05, 0.1) is 0 Å². The number of nitrogens with zero attached hydrogens (tertiary/aromatic N) is 1. The number of hydrogen-bond acceptors (Lipinski definition) is 3. The van der Waals surface area contributed by atoms with Crippen LogP contribution in [0, 0.1) is 0 Å². The number of benzene rings is 1. The third-order valence-corrected chi connectivity index (χ3v) is 2.83. The van der Waals surface area contributed by atoms with E-state index in [1.165, 1.54) is 0 Å². The molecule has 1 aliphatic rings. The van der Waals surface area contributed by atoms with Crippen molar-refractivity contribution in [3.05, 3.63) is 35.9 Å². The lowest BCUT2D eigenvalue weighted by Crippen LogP contribution is -2.29. The number of hydrogen-bond donors (Lipinski definition) is 1. The molecule has 1 heterocycles. The minimum atomic E-state index is -0.589. The molecule has 0 bridgehead atoms. The summed E-state index contributed by atoms with van der Waals surface area (Å²) in [5, 5.41) is 14.1. The van der Waals surface area contributed by atoms with E-state index >= 15 is 0 Å². The lowest BCUT2D eigenvalue weighted by Gasteiger charge is -2.12. The zero-order chi connectivity index (χ0) is 11.4. The van der Waals surface area contributed by atoms with Gasteiger partial charge in [0.15, 0.2) is 6.10 Å². The van der Waals surface area contributed by atoms with Crippen molar-refractivity contribution < 1.29 is 9.94 Å². The van der Waals surface area contributed by atoms with Crippen LogP contribution < -0.4 is 0 Å². The van der Waals surface area contributed by atoms with Crippen molar-refractivity contribution >= 4 is 5.71 Å². The van der Waals surface area contributed by atoms with Crippen LogP contribution in [0.3, 0.4) is 0 Å². The summed E-state index contributed by atoms with van der Waals surface area (Å²) in [6.07, 6.45) is 2.26. The monoisotopic (exact) mass is 219 g/mol. The molecule has 16 heavy (non-hydrogen) atoms. The second-order valence-electron chi connectivity index (χ2n) is 4.07. The molecule has 0 radical (unpaired) electrons. The maximum Gasteiger partial charge on any atom is 0.159 e. The molecule has 1 aromatic carbocycles. The Morgan fingerprint density at radius 1 is 1.31 bits per heavy atom. The molecule has 0 aliphatic carbocycles. The molecule has 0 saturated heterocycles. The van der Waals surface area contributed by atoms with Gasteiger partial charge in [0.1, 0.15) is 11.8 Å². The Bertz CT molecular complexity index is 361. The normalized spacial score (nSPS) is 24.0. The van der Waals surface area contributed by atoms with E-state index in [4.69, 9.17) is 4.84 Å². The number of rotatable bonds is 4. The summed E-state index contributed by atoms with van der Waals surface area (Å²) in [5.41, 5.74) is 1.59. The molecule has 0 spiro atoms. The van der Waals surface area contributed by atoms with Crippen molar-refractivity contribution in [2.75, 3.05) is 0 Å². The second kappa shape index (κ2) is 5.12. The molecule has 0 aromatic heterocycles. The summed E-state index contributed by atoms with van der Waals surface area (Å²) < 4.78 is 0. The molecule has 2 atom stereocenters. The van der Waals surface area contributed by atoms with E-state index in [1.807, 2.05) is 30.3 Å². The summed E-state index contributed by atoms with van der Waals surface area (Å²) in [6, 6.07) is 9.69. The summed E-state index contributed by atoms with van der Waals surface area (Å²) in [4.78, 5) is 5.27. The molecule has 0 saturated carbocycles. The van der Waals surface area contributed by atoms with Crippen molar-refractivity contribution in [1.82, 2.24) is 0 Å². The van der Waals surface area contributed by atoms with Crippen molar-refractivity contribution in [3.8, 4) is 0 Å². The second-order valence-corrected chi connectivity index (χ2v) is 4.07. The van der Waals surface area contributed by atoms with E-state index in [0.29, 0.717) is 5.71 Å². The van der Waals surface area contributed by atoms with Gasteiger partial charge in [-0.3, -0.25) is 0 Å². The van der Waals surface area contributed by atoms with Crippen LogP contribution in [0.5, 0.6) is 0 Å². The lowest BCUT2D eigenvalue weighted by molar-refractivity contribution is 0.0153. The fraction of sp³-hybridized carbons (Fsp3) is 0.462. The van der Waals surface area contributed by atoms with Gasteiger partial charge in [-0.1, -0.05) is 48.8 Å². The van der Waals surface area contributed by atoms with Gasteiger partial charge in [-0.2, -0.15) is 0 Å². The molecule has 1 aliphatic heterocycles. The zero-order valence-electron chi connectivity index (χ0n) is 9.47. The molecule has 0 unspecified atom stereocenters. The van der Waals surface area contributed by atoms with Crippen LogP contribution in [0.1, 0.15) is 31.7 Å². The van der Waals surface area contributed by atoms with Crippen LogP contribution in [0.4, 0.5) is 0 Å². The summed E-state index contributed by atoms with van der Waals surface area (Å²) in [7, 11) is 0. The quantitative estimate of drug-likeness (QED) is 0.844. The Morgan fingerprint density at radius 3 is 2.75 bits per heavy atom. The van der Waals surface area contributed by atoms with Crippen LogP contribution in [-0.2, 0) is 4.84 Å². The lowest BCUT2D eigenvalue weighted by atomic mass is 9.99. The van der Waals surface area contributed by atoms with E-state index in [0.717, 1.165) is 24.8 Å². The van der Waals surface area contributed by atoms with E-state index < -0.39 is 6.10 Å². The molecule has 86 valence electrons. The Morgan fingerprint density at radius 2 is 2.06 bits per heavy atom. The molecule has 0 fully saturated rings. The first-order valence-corrected chi connectivity index (χ1v) is 5.80. The average Bonchev–Trinajstić information content (AvgIpc) is 2.69. The molecule has 3 heteroatoms. The standard InChI is InChI=1S/C13H17NO2/c1-2-3-9-11-13(15)12(14-16-11)10-7-5-4-6-8-10/h4-8,11,13,15H,2-3,9H2,1H3/t11-,13+/m0/s1. The smallest absolute Gasteiger partial charge is 0.159 e. The van der Waals surface area contributed by atoms with Crippen LogP contribution in [-0.4, -0.2) is 23.0 Å². The Kier molecular flexibility index (Phi) is 3.57. The van der Waals surface area contributed by atoms with Crippen LogP contribution in [0.15, 0.2) is 35.5 Å². The topological polar surface area (TPSA) is 41.8 Å². The van der Waals surface area contributed by atoms with Gasteiger partial charge in [0, 0.05) is 5.56 Å². The first kappa shape index (κ1) is 11.1. The highest BCUT2D eigenvalue weighted by Gasteiger charge is 2.32. The maximum absolute atomic E-state index is 10.1. The molecule has 0 amide bonds. The third-order valence-electron chi connectivity index (χ3n) is 2.83. The molecule has 2 rings (SSSR count). The minimum Gasteiger partial charge on any atom is -0.389 e. The predicted octanol–water partition coefficient (Wildman–Crippen LogP) is 2.34. The van der Waals surface area contributed by atoms with Crippen molar-refractivity contribution in [1.29, 1.82) is 0 Å². The Labute approximate surface area is 95.7 Å². The highest BCUT2D eigenvalue weighted by molar-refractivity contribution is 6.04. The maximum atomic E-state index is 10.1. The van der Waals surface area contributed by atoms with Crippen LogP contribution in [0.25, 0.3) is 0 Å². The van der Waals surface area contributed by atoms with Gasteiger partial charge in [-0.25, -0.2) is 0 Å². The first-order valence-electron chi connectivity index (χ1n) is 5.80. The molecule has 1 N–H and O–H groups in total. The fourth-order valence-electron chi connectivity index (χ4n) is 1.86. The summed E-state index contributed by atoms with van der Waals surface area (Å²) in [6.45, 7) is 2.13. The Balaban J connectivity index is 2.04. The fourth-order valence-corrected chi connectivity index (χ4v) is 1.86. The third kappa shape index (κ3) is 2.25. The van der Waals surface area contributed by atoms with Gasteiger partial charge in [0.2, 0.25) is 0 Å². The van der Waals surface area contributed by atoms with Gasteiger partial charge >= 0.3 is 0 Å². The molecule has 3 nitrogen and oxygen atoms in total. The van der Waals surface area contributed by atoms with Gasteiger partial charge in [0.25, 0.3) is 0 Å². The van der Waals surface area contributed by atoms with Crippen molar-refractivity contribution in [2.24, 2.45) is 5.16 Å².